The number of nitrogens with zero attached hydrogens (tertiary/aromatic N) is 2. The molecule has 1 aromatic carbocycles. The molecule has 0 spiro atoms. The fourth-order valence-electron chi connectivity index (χ4n) is 1.52. The van der Waals surface area contributed by atoms with Crippen LogP contribution in [-0.2, 0) is 6.54 Å². The highest BCUT2D eigenvalue weighted by atomic mass is 127. The summed E-state index contributed by atoms with van der Waals surface area (Å²) in [6, 6.07) is 7.29. The number of carbonyl (C=O) groups excluding carboxylic acids is 1. The van der Waals surface area contributed by atoms with E-state index in [0.717, 1.165) is 5.56 Å². The van der Waals surface area contributed by atoms with Gasteiger partial charge < -0.3 is 0 Å². The van der Waals surface area contributed by atoms with E-state index in [-0.39, 0.29) is 17.9 Å². The van der Waals surface area contributed by atoms with Crippen LogP contribution in [0.3, 0.4) is 0 Å². The summed E-state index contributed by atoms with van der Waals surface area (Å²) in [5.74, 6) is -0.0964. The molecule has 0 aliphatic carbocycles. The number of rotatable bonds is 3. The minimum absolute atomic E-state index is 0.0196. The van der Waals surface area contributed by atoms with E-state index in [9.17, 15) is 9.59 Å². The lowest BCUT2D eigenvalue weighted by molar-refractivity contribution is 0.0970. The Morgan fingerprint density at radius 1 is 1.33 bits per heavy atom. The second-order valence-corrected chi connectivity index (χ2v) is 5.13. The van der Waals surface area contributed by atoms with Gasteiger partial charge in [0.25, 0.3) is 5.56 Å². The zero-order valence-corrected chi connectivity index (χ0v) is 11.9. The van der Waals surface area contributed by atoms with Gasteiger partial charge in [0.15, 0.2) is 5.78 Å². The number of benzene rings is 1. The molecule has 92 valence electrons. The first-order chi connectivity index (χ1) is 8.58. The normalized spacial score (nSPS) is 10.3. The van der Waals surface area contributed by atoms with Gasteiger partial charge in [-0.25, -0.2) is 4.98 Å². The Kier molecular flexibility index (Phi) is 3.90. The summed E-state index contributed by atoms with van der Waals surface area (Å²) in [5.41, 5.74) is 1.51. The van der Waals surface area contributed by atoms with Crippen LogP contribution in [0.1, 0.15) is 15.9 Å². The molecule has 1 heterocycles. The van der Waals surface area contributed by atoms with Crippen molar-refractivity contribution in [1.82, 2.24) is 9.55 Å². The Morgan fingerprint density at radius 3 is 2.67 bits per heavy atom. The van der Waals surface area contributed by atoms with E-state index in [1.54, 1.807) is 12.1 Å². The number of hydrogen-bond acceptors (Lipinski definition) is 3. The maximum Gasteiger partial charge on any atom is 0.267 e. The molecular formula is C13H11IN2O2. The average molecular weight is 354 g/mol. The smallest absolute Gasteiger partial charge is 0.267 e. The van der Waals surface area contributed by atoms with Crippen molar-refractivity contribution in [2.24, 2.45) is 0 Å². The molecule has 2 rings (SSSR count). The fraction of sp³-hybridized carbons (Fsp3) is 0.154. The van der Waals surface area contributed by atoms with Crippen molar-refractivity contribution in [3.8, 4) is 0 Å². The van der Waals surface area contributed by atoms with Crippen molar-refractivity contribution in [2.75, 3.05) is 0 Å². The maximum atomic E-state index is 12.0. The molecule has 2 aromatic rings. The van der Waals surface area contributed by atoms with Crippen molar-refractivity contribution in [3.05, 3.63) is 61.8 Å². The third-order valence-electron chi connectivity index (χ3n) is 2.55. The highest BCUT2D eigenvalue weighted by Gasteiger charge is 2.08. The van der Waals surface area contributed by atoms with Gasteiger partial charge in [-0.3, -0.25) is 14.2 Å². The van der Waals surface area contributed by atoms with Gasteiger partial charge in [0.1, 0.15) is 0 Å². The summed E-state index contributed by atoms with van der Waals surface area (Å²) in [6.07, 6.45) is 2.87. The largest absolute Gasteiger partial charge is 0.292 e. The van der Waals surface area contributed by atoms with Gasteiger partial charge in [-0.05, 0) is 29.5 Å². The molecule has 0 radical (unpaired) electrons. The third kappa shape index (κ3) is 2.84. The molecule has 0 aliphatic rings. The van der Waals surface area contributed by atoms with Gasteiger partial charge in [-0.1, -0.05) is 29.8 Å². The van der Waals surface area contributed by atoms with Crippen LogP contribution in [0.5, 0.6) is 0 Å². The van der Waals surface area contributed by atoms with Crippen LogP contribution >= 0.6 is 22.6 Å². The van der Waals surface area contributed by atoms with Crippen LogP contribution in [0.2, 0.25) is 0 Å². The first-order valence-electron chi connectivity index (χ1n) is 5.38. The standard InChI is InChI=1S/C13H11IN2O2/c1-9-2-4-10(5-3-9)12(17)7-16-8-15-6-11(14)13(16)18/h2-6,8H,7H2,1H3. The molecule has 0 atom stereocenters. The second kappa shape index (κ2) is 5.43. The number of Topliss-reactive ketones (excluding diaryl/α,β-unsaturated/α-hetero) is 1. The summed E-state index contributed by atoms with van der Waals surface area (Å²) in [5, 5.41) is 0. The van der Waals surface area contributed by atoms with Gasteiger partial charge in [-0.2, -0.15) is 0 Å². The summed E-state index contributed by atoms with van der Waals surface area (Å²) in [7, 11) is 0. The first kappa shape index (κ1) is 12.9. The molecule has 0 fully saturated rings. The Bertz CT molecular complexity index is 632. The number of halogens is 1. The van der Waals surface area contributed by atoms with E-state index in [1.807, 2.05) is 41.6 Å². The van der Waals surface area contributed by atoms with Gasteiger partial charge in [0, 0.05) is 11.8 Å². The predicted molar refractivity (Wildman–Crippen MR) is 76.7 cm³/mol. The van der Waals surface area contributed by atoms with Crippen LogP contribution in [0.25, 0.3) is 0 Å². The number of hydrogen-bond donors (Lipinski definition) is 0. The topological polar surface area (TPSA) is 52.0 Å². The molecule has 0 N–H and O–H groups in total. The van der Waals surface area contributed by atoms with E-state index in [1.165, 1.54) is 17.1 Å². The van der Waals surface area contributed by atoms with E-state index in [4.69, 9.17) is 0 Å². The molecule has 5 heteroatoms. The number of aryl methyl sites for hydroxylation is 1. The summed E-state index contributed by atoms with van der Waals surface area (Å²) in [6.45, 7) is 1.98. The fourth-order valence-corrected chi connectivity index (χ4v) is 1.99. The molecule has 1 aromatic heterocycles. The summed E-state index contributed by atoms with van der Waals surface area (Å²) < 4.78 is 1.83. The molecule has 4 nitrogen and oxygen atoms in total. The van der Waals surface area contributed by atoms with Crippen LogP contribution in [0.15, 0.2) is 41.6 Å². The molecule has 0 bridgehead atoms. The van der Waals surface area contributed by atoms with Crippen molar-refractivity contribution < 1.29 is 4.79 Å². The zero-order valence-electron chi connectivity index (χ0n) is 9.76. The van der Waals surface area contributed by atoms with Crippen LogP contribution in [0.4, 0.5) is 0 Å². The summed E-state index contributed by atoms with van der Waals surface area (Å²) >= 11 is 1.91. The van der Waals surface area contributed by atoms with Gasteiger partial charge in [-0.15, -0.1) is 0 Å². The second-order valence-electron chi connectivity index (χ2n) is 3.96. The lowest BCUT2D eigenvalue weighted by Crippen LogP contribution is -2.26. The van der Waals surface area contributed by atoms with Gasteiger partial charge in [0.2, 0.25) is 0 Å². The molecule has 0 amide bonds. The van der Waals surface area contributed by atoms with Crippen LogP contribution < -0.4 is 5.56 Å². The Labute approximate surface area is 118 Å². The number of ketones is 1. The van der Waals surface area contributed by atoms with Gasteiger partial charge >= 0.3 is 0 Å². The quantitative estimate of drug-likeness (QED) is 0.626. The maximum absolute atomic E-state index is 12.0. The van der Waals surface area contributed by atoms with Crippen molar-refractivity contribution in [2.45, 2.75) is 13.5 Å². The van der Waals surface area contributed by atoms with Crippen molar-refractivity contribution in [3.63, 3.8) is 0 Å². The summed E-state index contributed by atoms with van der Waals surface area (Å²) in [4.78, 5) is 27.7. The third-order valence-corrected chi connectivity index (χ3v) is 3.29. The molecule has 18 heavy (non-hydrogen) atoms. The van der Waals surface area contributed by atoms with Crippen LogP contribution in [-0.4, -0.2) is 15.3 Å². The Morgan fingerprint density at radius 2 is 2.00 bits per heavy atom. The monoisotopic (exact) mass is 354 g/mol. The highest BCUT2D eigenvalue weighted by molar-refractivity contribution is 14.1. The van der Waals surface area contributed by atoms with E-state index in [0.29, 0.717) is 9.13 Å². The van der Waals surface area contributed by atoms with Crippen molar-refractivity contribution in [1.29, 1.82) is 0 Å². The highest BCUT2D eigenvalue weighted by Crippen LogP contribution is 2.05. The molecular weight excluding hydrogens is 343 g/mol. The number of aromatic nitrogens is 2. The minimum Gasteiger partial charge on any atom is -0.292 e. The van der Waals surface area contributed by atoms with Crippen LogP contribution in [0, 0.1) is 10.5 Å². The lowest BCUT2D eigenvalue weighted by atomic mass is 10.1. The van der Waals surface area contributed by atoms with Crippen molar-refractivity contribution >= 4 is 28.4 Å². The number of carbonyl (C=O) groups is 1. The minimum atomic E-state index is -0.189. The lowest BCUT2D eigenvalue weighted by Gasteiger charge is -2.05. The van der Waals surface area contributed by atoms with E-state index >= 15 is 0 Å². The average Bonchev–Trinajstić information content (AvgIpc) is 2.36. The zero-order chi connectivity index (χ0) is 13.1. The Hall–Kier alpha value is -1.50. The van der Waals surface area contributed by atoms with E-state index in [2.05, 4.69) is 4.98 Å². The molecule has 0 unspecified atom stereocenters. The predicted octanol–water partition coefficient (Wildman–Crippen LogP) is 2.04. The SMILES string of the molecule is Cc1ccc(C(=O)Cn2cncc(I)c2=O)cc1. The first-order valence-corrected chi connectivity index (χ1v) is 6.45. The Balaban J connectivity index is 2.24. The van der Waals surface area contributed by atoms with E-state index < -0.39 is 0 Å². The molecule has 0 saturated carbocycles. The molecule has 0 aliphatic heterocycles. The molecule has 0 saturated heterocycles. The van der Waals surface area contributed by atoms with Gasteiger partial charge in [0.05, 0.1) is 16.4 Å².